The zero-order valence-electron chi connectivity index (χ0n) is 14.8. The first-order chi connectivity index (χ1) is 11.4. The minimum Gasteiger partial charge on any atom is -0.357 e. The van der Waals surface area contributed by atoms with Crippen LogP contribution in [0.5, 0.6) is 0 Å². The van der Waals surface area contributed by atoms with Gasteiger partial charge in [-0.25, -0.2) is 4.99 Å². The van der Waals surface area contributed by atoms with Gasteiger partial charge in [0, 0.05) is 27.2 Å². The van der Waals surface area contributed by atoms with Crippen LogP contribution in [0.25, 0.3) is 0 Å². The molecule has 0 amide bonds. The highest BCUT2D eigenvalue weighted by Gasteiger charge is 2.10. The Hall–Kier alpha value is -1.06. The van der Waals surface area contributed by atoms with Crippen LogP contribution in [-0.4, -0.2) is 39.2 Å². The minimum absolute atomic E-state index is 0. The monoisotopic (exact) mass is 496 g/mol. The molecule has 0 radical (unpaired) electrons. The maximum atomic E-state index is 6.08. The summed E-state index contributed by atoms with van der Waals surface area (Å²) in [6.07, 6.45) is 0. The van der Waals surface area contributed by atoms with E-state index >= 15 is 0 Å². The Morgan fingerprint density at radius 1 is 1.28 bits per heavy atom. The molecule has 1 aromatic heterocycles. The molecular weight excluding hydrogens is 474 g/mol. The molecular formula is C16H23Cl2IN6. The number of guanidine groups is 1. The Labute approximate surface area is 175 Å². The van der Waals surface area contributed by atoms with E-state index < -0.39 is 0 Å². The molecule has 2 aromatic rings. The lowest BCUT2D eigenvalue weighted by Crippen LogP contribution is -2.38. The highest BCUT2D eigenvalue weighted by molar-refractivity contribution is 14.0. The standard InChI is InChI=1S/C16H22Cl2N6.HI/c1-5-19-16(20-9-15-22-21-11(2)24(15)4)23(3)10-12-6-7-13(17)14(18)8-12;/h6-8H,5,9-10H2,1-4H3,(H,19,20);1H. The van der Waals surface area contributed by atoms with E-state index in [0.717, 1.165) is 29.7 Å². The topological polar surface area (TPSA) is 58.3 Å². The Bertz CT molecular complexity index is 731. The number of rotatable bonds is 5. The lowest BCUT2D eigenvalue weighted by atomic mass is 10.2. The van der Waals surface area contributed by atoms with Crippen LogP contribution in [0.15, 0.2) is 23.2 Å². The molecule has 0 fully saturated rings. The molecule has 6 nitrogen and oxygen atoms in total. The summed E-state index contributed by atoms with van der Waals surface area (Å²) in [5.74, 6) is 2.49. The fraction of sp³-hybridized carbons (Fsp3) is 0.438. The predicted octanol–water partition coefficient (Wildman–Crippen LogP) is 3.65. The Balaban J connectivity index is 0.00000312. The number of nitrogens with one attached hydrogen (secondary N) is 1. The van der Waals surface area contributed by atoms with Gasteiger partial charge in [-0.1, -0.05) is 29.3 Å². The molecule has 0 aliphatic heterocycles. The van der Waals surface area contributed by atoms with Crippen molar-refractivity contribution < 1.29 is 0 Å². The molecule has 25 heavy (non-hydrogen) atoms. The van der Waals surface area contributed by atoms with Crippen LogP contribution in [-0.2, 0) is 20.1 Å². The van der Waals surface area contributed by atoms with E-state index in [1.807, 2.05) is 49.5 Å². The molecule has 1 aromatic carbocycles. The van der Waals surface area contributed by atoms with Gasteiger partial charge in [0.25, 0.3) is 0 Å². The van der Waals surface area contributed by atoms with Crippen molar-refractivity contribution in [3.8, 4) is 0 Å². The van der Waals surface area contributed by atoms with Crippen molar-refractivity contribution in [1.29, 1.82) is 0 Å². The van der Waals surface area contributed by atoms with Crippen molar-refractivity contribution in [2.24, 2.45) is 12.0 Å². The molecule has 0 bridgehead atoms. The average molecular weight is 497 g/mol. The Morgan fingerprint density at radius 2 is 2.00 bits per heavy atom. The van der Waals surface area contributed by atoms with Crippen LogP contribution in [0.1, 0.15) is 24.1 Å². The fourth-order valence-electron chi connectivity index (χ4n) is 2.19. The Morgan fingerprint density at radius 3 is 2.56 bits per heavy atom. The molecule has 9 heteroatoms. The first-order valence-electron chi connectivity index (χ1n) is 7.70. The molecule has 138 valence electrons. The first-order valence-corrected chi connectivity index (χ1v) is 8.46. The lowest BCUT2D eigenvalue weighted by molar-refractivity contribution is 0.476. The van der Waals surface area contributed by atoms with Crippen LogP contribution in [0.4, 0.5) is 0 Å². The number of aryl methyl sites for hydroxylation is 1. The van der Waals surface area contributed by atoms with Crippen molar-refractivity contribution in [2.45, 2.75) is 26.9 Å². The van der Waals surface area contributed by atoms with Gasteiger partial charge in [0.15, 0.2) is 11.8 Å². The fourth-order valence-corrected chi connectivity index (χ4v) is 2.51. The lowest BCUT2D eigenvalue weighted by Gasteiger charge is -2.22. The van der Waals surface area contributed by atoms with E-state index in [2.05, 4.69) is 20.5 Å². The van der Waals surface area contributed by atoms with Crippen molar-refractivity contribution in [3.63, 3.8) is 0 Å². The summed E-state index contributed by atoms with van der Waals surface area (Å²) in [6.45, 7) is 5.87. The van der Waals surface area contributed by atoms with Crippen LogP contribution < -0.4 is 5.32 Å². The van der Waals surface area contributed by atoms with Crippen molar-refractivity contribution in [1.82, 2.24) is 25.0 Å². The molecule has 0 unspecified atom stereocenters. The minimum atomic E-state index is 0. The quantitative estimate of drug-likeness (QED) is 0.390. The molecule has 0 aliphatic rings. The maximum Gasteiger partial charge on any atom is 0.194 e. The van der Waals surface area contributed by atoms with E-state index in [1.54, 1.807) is 6.07 Å². The number of aromatic nitrogens is 3. The third-order valence-electron chi connectivity index (χ3n) is 3.65. The number of aliphatic imine (C=N–C) groups is 1. The van der Waals surface area contributed by atoms with Gasteiger partial charge in [0.1, 0.15) is 12.4 Å². The van der Waals surface area contributed by atoms with E-state index in [0.29, 0.717) is 23.1 Å². The van der Waals surface area contributed by atoms with Crippen LogP contribution >= 0.6 is 47.2 Å². The van der Waals surface area contributed by atoms with Crippen LogP contribution in [0.2, 0.25) is 10.0 Å². The average Bonchev–Trinajstić information content (AvgIpc) is 2.86. The SMILES string of the molecule is CCNC(=NCc1nnc(C)n1C)N(C)Cc1ccc(Cl)c(Cl)c1.I. The second kappa shape index (κ2) is 10.2. The van der Waals surface area contributed by atoms with Gasteiger partial charge < -0.3 is 14.8 Å². The van der Waals surface area contributed by atoms with Crippen LogP contribution in [0, 0.1) is 6.92 Å². The van der Waals surface area contributed by atoms with E-state index in [9.17, 15) is 0 Å². The van der Waals surface area contributed by atoms with Crippen molar-refractivity contribution in [2.75, 3.05) is 13.6 Å². The van der Waals surface area contributed by atoms with Gasteiger partial charge in [-0.05, 0) is 31.5 Å². The maximum absolute atomic E-state index is 6.08. The summed E-state index contributed by atoms with van der Waals surface area (Å²) in [5.41, 5.74) is 1.06. The second-order valence-corrected chi connectivity index (χ2v) is 6.31. The number of halogens is 3. The van der Waals surface area contributed by atoms with E-state index in [4.69, 9.17) is 23.2 Å². The van der Waals surface area contributed by atoms with Gasteiger partial charge in [-0.3, -0.25) is 0 Å². The first kappa shape index (κ1) is 22.0. The summed E-state index contributed by atoms with van der Waals surface area (Å²) in [6, 6.07) is 5.63. The smallest absolute Gasteiger partial charge is 0.194 e. The molecule has 1 heterocycles. The number of nitrogens with zero attached hydrogens (tertiary/aromatic N) is 5. The van der Waals surface area contributed by atoms with E-state index in [1.165, 1.54) is 0 Å². The van der Waals surface area contributed by atoms with Crippen LogP contribution in [0.3, 0.4) is 0 Å². The van der Waals surface area contributed by atoms with Crippen molar-refractivity contribution >= 4 is 53.1 Å². The summed E-state index contributed by atoms with van der Waals surface area (Å²) >= 11 is 12.1. The normalized spacial score (nSPS) is 11.2. The summed E-state index contributed by atoms with van der Waals surface area (Å²) in [5, 5.41) is 12.6. The van der Waals surface area contributed by atoms with Gasteiger partial charge >= 0.3 is 0 Å². The molecule has 0 saturated carbocycles. The number of hydrogen-bond acceptors (Lipinski definition) is 3. The number of hydrogen-bond donors (Lipinski definition) is 1. The summed E-state index contributed by atoms with van der Waals surface area (Å²) in [4.78, 5) is 6.68. The third kappa shape index (κ3) is 6.00. The highest BCUT2D eigenvalue weighted by atomic mass is 127. The van der Waals surface area contributed by atoms with Gasteiger partial charge in [-0.2, -0.15) is 0 Å². The summed E-state index contributed by atoms with van der Waals surface area (Å²) < 4.78 is 1.94. The Kier molecular flexibility index (Phi) is 8.95. The molecule has 1 N–H and O–H groups in total. The van der Waals surface area contributed by atoms with Crippen molar-refractivity contribution in [3.05, 3.63) is 45.5 Å². The second-order valence-electron chi connectivity index (χ2n) is 5.50. The van der Waals surface area contributed by atoms with Gasteiger partial charge in [0.05, 0.1) is 10.0 Å². The third-order valence-corrected chi connectivity index (χ3v) is 4.39. The molecule has 0 spiro atoms. The summed E-state index contributed by atoms with van der Waals surface area (Å²) in [7, 11) is 3.92. The largest absolute Gasteiger partial charge is 0.357 e. The van der Waals surface area contributed by atoms with Gasteiger partial charge in [-0.15, -0.1) is 34.2 Å². The highest BCUT2D eigenvalue weighted by Crippen LogP contribution is 2.23. The van der Waals surface area contributed by atoms with E-state index in [-0.39, 0.29) is 24.0 Å². The molecule has 0 aliphatic carbocycles. The molecule has 2 rings (SSSR count). The zero-order valence-corrected chi connectivity index (χ0v) is 18.6. The zero-order chi connectivity index (χ0) is 17.7. The molecule has 0 saturated heterocycles. The number of benzene rings is 1. The molecule has 0 atom stereocenters. The predicted molar refractivity (Wildman–Crippen MR) is 114 cm³/mol. The van der Waals surface area contributed by atoms with Gasteiger partial charge in [0.2, 0.25) is 0 Å².